The lowest BCUT2D eigenvalue weighted by Gasteiger charge is -2.34. The smallest absolute Gasteiger partial charge is 0.260 e. The predicted molar refractivity (Wildman–Crippen MR) is 78.2 cm³/mol. The maximum absolute atomic E-state index is 12.3. The first kappa shape index (κ1) is 13.8. The van der Waals surface area contributed by atoms with Crippen LogP contribution in [0.25, 0.3) is 0 Å². The fourth-order valence-electron chi connectivity index (χ4n) is 2.27. The standard InChI is InChI=1S/C12H16N6O2S/c13-10-1-2-11(14-9-10)17-5-7-18(8-6-17)21(19,20)12-3-4-15-16-12/h1-4,9H,5-8,13H2,(H,15,16). The van der Waals surface area contributed by atoms with Gasteiger partial charge in [0.15, 0.2) is 5.03 Å². The lowest BCUT2D eigenvalue weighted by Crippen LogP contribution is -2.49. The van der Waals surface area contributed by atoms with Gasteiger partial charge in [0.1, 0.15) is 5.82 Å². The molecule has 0 unspecified atom stereocenters. The van der Waals surface area contributed by atoms with Crippen LogP contribution in [0.5, 0.6) is 0 Å². The van der Waals surface area contributed by atoms with E-state index in [2.05, 4.69) is 15.2 Å². The second-order valence-electron chi connectivity index (χ2n) is 4.76. The van der Waals surface area contributed by atoms with Gasteiger partial charge in [-0.3, -0.25) is 5.10 Å². The molecular weight excluding hydrogens is 292 g/mol. The molecule has 0 radical (unpaired) electrons. The van der Waals surface area contributed by atoms with Crippen LogP contribution in [0.3, 0.4) is 0 Å². The normalized spacial score (nSPS) is 17.0. The summed E-state index contributed by atoms with van der Waals surface area (Å²) < 4.78 is 26.1. The zero-order valence-electron chi connectivity index (χ0n) is 11.3. The highest BCUT2D eigenvalue weighted by Crippen LogP contribution is 2.18. The Morgan fingerprint density at radius 2 is 1.90 bits per heavy atom. The number of nitrogens with zero attached hydrogens (tertiary/aromatic N) is 4. The molecule has 2 aromatic rings. The third kappa shape index (κ3) is 2.69. The molecule has 3 rings (SSSR count). The number of rotatable bonds is 3. The van der Waals surface area contributed by atoms with Gasteiger partial charge in [0, 0.05) is 26.2 Å². The molecular formula is C12H16N6O2S. The maximum atomic E-state index is 12.3. The molecule has 0 saturated carbocycles. The summed E-state index contributed by atoms with van der Waals surface area (Å²) in [5.74, 6) is 0.808. The van der Waals surface area contributed by atoms with Crippen molar-refractivity contribution in [2.75, 3.05) is 36.8 Å². The topological polar surface area (TPSA) is 108 Å². The molecule has 2 aromatic heterocycles. The van der Waals surface area contributed by atoms with Crippen molar-refractivity contribution in [2.24, 2.45) is 0 Å². The molecule has 0 aliphatic carbocycles. The third-order valence-corrected chi connectivity index (χ3v) is 5.25. The van der Waals surface area contributed by atoms with E-state index in [0.29, 0.717) is 31.9 Å². The van der Waals surface area contributed by atoms with Crippen molar-refractivity contribution >= 4 is 21.5 Å². The van der Waals surface area contributed by atoms with Gasteiger partial charge in [-0.25, -0.2) is 13.4 Å². The largest absolute Gasteiger partial charge is 0.397 e. The van der Waals surface area contributed by atoms with Gasteiger partial charge in [-0.05, 0) is 18.2 Å². The first-order valence-corrected chi connectivity index (χ1v) is 7.97. The van der Waals surface area contributed by atoms with E-state index in [1.807, 2.05) is 11.0 Å². The van der Waals surface area contributed by atoms with Crippen LogP contribution in [0.15, 0.2) is 35.6 Å². The van der Waals surface area contributed by atoms with Crippen LogP contribution in [0.2, 0.25) is 0 Å². The number of aromatic nitrogens is 3. The Kier molecular flexibility index (Phi) is 3.52. The molecule has 1 aliphatic rings. The number of anilines is 2. The van der Waals surface area contributed by atoms with E-state index in [9.17, 15) is 8.42 Å². The van der Waals surface area contributed by atoms with Gasteiger partial charge >= 0.3 is 0 Å². The average Bonchev–Trinajstić information content (AvgIpc) is 3.03. The summed E-state index contributed by atoms with van der Waals surface area (Å²) in [5.41, 5.74) is 6.22. The zero-order valence-corrected chi connectivity index (χ0v) is 12.1. The number of nitrogens with two attached hydrogens (primary N) is 1. The van der Waals surface area contributed by atoms with Crippen LogP contribution < -0.4 is 10.6 Å². The SMILES string of the molecule is Nc1ccc(N2CCN(S(=O)(=O)c3ccn[nH]3)CC2)nc1. The number of pyridine rings is 1. The van der Waals surface area contributed by atoms with Gasteiger partial charge in [-0.15, -0.1) is 0 Å². The average molecular weight is 308 g/mol. The van der Waals surface area contributed by atoms with E-state index in [-0.39, 0.29) is 5.03 Å². The van der Waals surface area contributed by atoms with Crippen LogP contribution in [0.4, 0.5) is 11.5 Å². The second kappa shape index (κ2) is 5.34. The van der Waals surface area contributed by atoms with Gasteiger partial charge in [0.2, 0.25) is 0 Å². The number of aromatic amines is 1. The van der Waals surface area contributed by atoms with Crippen molar-refractivity contribution in [3.63, 3.8) is 0 Å². The first-order valence-electron chi connectivity index (χ1n) is 6.53. The van der Waals surface area contributed by atoms with Crippen molar-refractivity contribution in [3.8, 4) is 0 Å². The summed E-state index contributed by atoms with van der Waals surface area (Å²) in [6, 6.07) is 5.09. The molecule has 0 atom stereocenters. The van der Waals surface area contributed by atoms with Crippen LogP contribution in [0.1, 0.15) is 0 Å². The van der Waals surface area contributed by atoms with E-state index < -0.39 is 10.0 Å². The molecule has 0 aromatic carbocycles. The summed E-state index contributed by atoms with van der Waals surface area (Å²) >= 11 is 0. The molecule has 0 spiro atoms. The highest BCUT2D eigenvalue weighted by Gasteiger charge is 2.29. The second-order valence-corrected chi connectivity index (χ2v) is 6.67. The Labute approximate surface area is 122 Å². The molecule has 0 amide bonds. The Balaban J connectivity index is 1.69. The van der Waals surface area contributed by atoms with Gasteiger partial charge in [-0.1, -0.05) is 0 Å². The maximum Gasteiger partial charge on any atom is 0.260 e. The molecule has 112 valence electrons. The lowest BCUT2D eigenvalue weighted by molar-refractivity contribution is 0.382. The first-order chi connectivity index (χ1) is 10.1. The number of H-pyrrole nitrogens is 1. The minimum absolute atomic E-state index is 0.126. The van der Waals surface area contributed by atoms with Crippen molar-refractivity contribution in [3.05, 3.63) is 30.6 Å². The van der Waals surface area contributed by atoms with E-state index in [0.717, 1.165) is 5.82 Å². The van der Waals surface area contributed by atoms with Crippen molar-refractivity contribution in [1.82, 2.24) is 19.5 Å². The Hall–Kier alpha value is -2.13. The fraction of sp³-hybridized carbons (Fsp3) is 0.333. The van der Waals surface area contributed by atoms with E-state index in [1.165, 1.54) is 16.6 Å². The summed E-state index contributed by atoms with van der Waals surface area (Å²) in [7, 11) is -3.48. The molecule has 9 heteroatoms. The van der Waals surface area contributed by atoms with Gasteiger partial charge in [-0.2, -0.15) is 9.40 Å². The Morgan fingerprint density at radius 3 is 2.48 bits per heavy atom. The minimum atomic E-state index is -3.48. The van der Waals surface area contributed by atoms with Crippen molar-refractivity contribution in [1.29, 1.82) is 0 Å². The van der Waals surface area contributed by atoms with Gasteiger partial charge < -0.3 is 10.6 Å². The molecule has 21 heavy (non-hydrogen) atoms. The lowest BCUT2D eigenvalue weighted by atomic mass is 10.3. The van der Waals surface area contributed by atoms with Gasteiger partial charge in [0.05, 0.1) is 18.1 Å². The number of hydrogen-bond donors (Lipinski definition) is 2. The molecule has 0 bridgehead atoms. The van der Waals surface area contributed by atoms with Crippen LogP contribution >= 0.6 is 0 Å². The molecule has 3 heterocycles. The highest BCUT2D eigenvalue weighted by atomic mass is 32.2. The van der Waals surface area contributed by atoms with Crippen LogP contribution in [-0.2, 0) is 10.0 Å². The van der Waals surface area contributed by atoms with E-state index in [1.54, 1.807) is 12.3 Å². The van der Waals surface area contributed by atoms with E-state index in [4.69, 9.17) is 5.73 Å². The molecule has 1 saturated heterocycles. The van der Waals surface area contributed by atoms with Crippen LogP contribution in [0, 0.1) is 0 Å². The summed E-state index contributed by atoms with van der Waals surface area (Å²) in [6.45, 7) is 2.00. The minimum Gasteiger partial charge on any atom is -0.397 e. The molecule has 1 fully saturated rings. The number of piperazine rings is 1. The van der Waals surface area contributed by atoms with E-state index >= 15 is 0 Å². The third-order valence-electron chi connectivity index (χ3n) is 3.43. The van der Waals surface area contributed by atoms with Crippen molar-refractivity contribution in [2.45, 2.75) is 5.03 Å². The zero-order chi connectivity index (χ0) is 14.9. The monoisotopic (exact) mass is 308 g/mol. The predicted octanol–water partition coefficient (Wildman–Crippen LogP) is -0.102. The molecule has 3 N–H and O–H groups in total. The van der Waals surface area contributed by atoms with Gasteiger partial charge in [0.25, 0.3) is 10.0 Å². The van der Waals surface area contributed by atoms with Crippen LogP contribution in [-0.4, -0.2) is 54.1 Å². The number of sulfonamides is 1. The van der Waals surface area contributed by atoms with Crippen molar-refractivity contribution < 1.29 is 8.42 Å². The summed E-state index contributed by atoms with van der Waals surface area (Å²) in [5, 5.41) is 6.32. The Morgan fingerprint density at radius 1 is 1.14 bits per heavy atom. The summed E-state index contributed by atoms with van der Waals surface area (Å²) in [4.78, 5) is 6.30. The number of nitrogen functional groups attached to an aromatic ring is 1. The Bertz CT molecular complexity index is 690. The quantitative estimate of drug-likeness (QED) is 0.819. The molecule has 1 aliphatic heterocycles. The fourth-order valence-corrected chi connectivity index (χ4v) is 3.59. The highest BCUT2D eigenvalue weighted by molar-refractivity contribution is 7.89. The number of hydrogen-bond acceptors (Lipinski definition) is 6. The molecule has 8 nitrogen and oxygen atoms in total. The summed E-state index contributed by atoms with van der Waals surface area (Å²) in [6.07, 6.45) is 3.03. The number of nitrogens with one attached hydrogen (secondary N) is 1.